The third-order valence-corrected chi connectivity index (χ3v) is 3.82. The molecule has 8 heteroatoms. The number of hydrogen-bond acceptors (Lipinski definition) is 6. The van der Waals surface area contributed by atoms with Gasteiger partial charge in [-0.1, -0.05) is 6.08 Å². The van der Waals surface area contributed by atoms with Gasteiger partial charge in [0.1, 0.15) is 0 Å². The number of ether oxygens (including phenoxy) is 1. The van der Waals surface area contributed by atoms with Gasteiger partial charge in [0.25, 0.3) is 0 Å². The molecule has 0 aromatic rings. The Balaban J connectivity index is 2.30. The van der Waals surface area contributed by atoms with E-state index in [-0.39, 0.29) is 12.7 Å². The number of allylic oxidation sites excluding steroid dienone is 2. The lowest BCUT2D eigenvalue weighted by Crippen LogP contribution is -2.31. The Morgan fingerprint density at radius 1 is 1.57 bits per heavy atom. The SMILES string of the molecule is CCOP(O)OCC(CCN1C=CC=C(C(N)=O)C1)OC. The van der Waals surface area contributed by atoms with Gasteiger partial charge in [-0.3, -0.25) is 4.79 Å². The molecule has 21 heavy (non-hydrogen) atoms. The van der Waals surface area contributed by atoms with Crippen molar-refractivity contribution in [3.05, 3.63) is 23.9 Å². The lowest BCUT2D eigenvalue weighted by atomic mass is 10.1. The molecule has 1 amide bonds. The molecule has 0 fully saturated rings. The second-order valence-electron chi connectivity index (χ2n) is 4.47. The van der Waals surface area contributed by atoms with Crippen LogP contribution in [0.5, 0.6) is 0 Å². The summed E-state index contributed by atoms with van der Waals surface area (Å²) >= 11 is 0. The number of nitrogens with two attached hydrogens (primary N) is 1. The first-order valence-electron chi connectivity index (χ1n) is 6.75. The van der Waals surface area contributed by atoms with Crippen LogP contribution < -0.4 is 5.73 Å². The van der Waals surface area contributed by atoms with Crippen molar-refractivity contribution < 1.29 is 23.5 Å². The molecule has 1 heterocycles. The van der Waals surface area contributed by atoms with Gasteiger partial charge in [0.2, 0.25) is 5.91 Å². The Labute approximate surface area is 126 Å². The van der Waals surface area contributed by atoms with Crippen LogP contribution in [0.4, 0.5) is 0 Å². The Morgan fingerprint density at radius 2 is 2.33 bits per heavy atom. The minimum atomic E-state index is -1.84. The normalized spacial score (nSPS) is 17.5. The first-order chi connectivity index (χ1) is 10.1. The fraction of sp³-hybridized carbons (Fsp3) is 0.615. The molecule has 0 aromatic heterocycles. The van der Waals surface area contributed by atoms with Crippen LogP contribution in [0.3, 0.4) is 0 Å². The van der Waals surface area contributed by atoms with Crippen LogP contribution in [0.15, 0.2) is 23.9 Å². The average Bonchev–Trinajstić information content (AvgIpc) is 2.48. The fourth-order valence-corrected chi connectivity index (χ4v) is 2.38. The lowest BCUT2D eigenvalue weighted by Gasteiger charge is -2.25. The minimum absolute atomic E-state index is 0.154. The van der Waals surface area contributed by atoms with Crippen LogP contribution in [-0.2, 0) is 18.6 Å². The zero-order valence-electron chi connectivity index (χ0n) is 12.4. The Kier molecular flexibility index (Phi) is 8.49. The highest BCUT2D eigenvalue weighted by molar-refractivity contribution is 7.40. The zero-order chi connectivity index (χ0) is 15.7. The van der Waals surface area contributed by atoms with Crippen molar-refractivity contribution in [2.45, 2.75) is 19.4 Å². The van der Waals surface area contributed by atoms with Gasteiger partial charge in [0, 0.05) is 25.8 Å². The Bertz CT molecular complexity index is 389. The average molecular weight is 318 g/mol. The molecule has 120 valence electrons. The summed E-state index contributed by atoms with van der Waals surface area (Å²) in [6.45, 7) is 3.64. The summed E-state index contributed by atoms with van der Waals surface area (Å²) in [6, 6.07) is 0. The van der Waals surface area contributed by atoms with Crippen LogP contribution in [0.1, 0.15) is 13.3 Å². The van der Waals surface area contributed by atoms with Gasteiger partial charge >= 0.3 is 8.60 Å². The molecular weight excluding hydrogens is 295 g/mol. The van der Waals surface area contributed by atoms with E-state index in [1.165, 1.54) is 0 Å². The summed E-state index contributed by atoms with van der Waals surface area (Å²) in [5, 5.41) is 0. The van der Waals surface area contributed by atoms with Gasteiger partial charge in [-0.25, -0.2) is 0 Å². The predicted octanol–water partition coefficient (Wildman–Crippen LogP) is 0.905. The lowest BCUT2D eigenvalue weighted by molar-refractivity contribution is -0.114. The number of amides is 1. The van der Waals surface area contributed by atoms with Crippen LogP contribution in [-0.4, -0.2) is 55.2 Å². The number of primary amides is 1. The highest BCUT2D eigenvalue weighted by Crippen LogP contribution is 2.32. The predicted molar refractivity (Wildman–Crippen MR) is 80.1 cm³/mol. The van der Waals surface area contributed by atoms with Crippen molar-refractivity contribution in [1.82, 2.24) is 4.90 Å². The van der Waals surface area contributed by atoms with Gasteiger partial charge in [0.05, 0.1) is 19.3 Å². The maximum absolute atomic E-state index is 11.1. The molecule has 0 spiro atoms. The molecule has 2 atom stereocenters. The van der Waals surface area contributed by atoms with E-state index in [2.05, 4.69) is 0 Å². The monoisotopic (exact) mass is 318 g/mol. The van der Waals surface area contributed by atoms with Crippen molar-refractivity contribution in [1.29, 1.82) is 0 Å². The number of nitrogens with zero attached hydrogens (tertiary/aromatic N) is 1. The van der Waals surface area contributed by atoms with Gasteiger partial charge in [-0.2, -0.15) is 0 Å². The molecule has 1 aliphatic rings. The molecule has 2 unspecified atom stereocenters. The van der Waals surface area contributed by atoms with Crippen molar-refractivity contribution in [2.24, 2.45) is 5.73 Å². The van der Waals surface area contributed by atoms with Gasteiger partial charge < -0.3 is 29.3 Å². The summed E-state index contributed by atoms with van der Waals surface area (Å²) in [6.07, 6.45) is 5.96. The number of rotatable bonds is 10. The number of hydrogen-bond donors (Lipinski definition) is 2. The number of carbonyl (C=O) groups excluding carboxylic acids is 1. The molecule has 0 radical (unpaired) electrons. The maximum atomic E-state index is 11.1. The fourth-order valence-electron chi connectivity index (χ4n) is 1.79. The van der Waals surface area contributed by atoms with E-state index in [0.717, 1.165) is 0 Å². The van der Waals surface area contributed by atoms with Crippen LogP contribution in [0.2, 0.25) is 0 Å². The van der Waals surface area contributed by atoms with Crippen LogP contribution >= 0.6 is 8.60 Å². The van der Waals surface area contributed by atoms with Crippen molar-refractivity contribution in [3.8, 4) is 0 Å². The topological polar surface area (TPSA) is 94.3 Å². The third-order valence-electron chi connectivity index (χ3n) is 2.97. The molecule has 0 saturated heterocycles. The molecule has 0 aromatic carbocycles. The van der Waals surface area contributed by atoms with Crippen molar-refractivity contribution >= 4 is 14.5 Å². The first kappa shape index (κ1) is 18.1. The number of methoxy groups -OCH3 is 1. The van der Waals surface area contributed by atoms with E-state index in [1.807, 2.05) is 11.1 Å². The largest absolute Gasteiger partial charge is 0.379 e. The van der Waals surface area contributed by atoms with E-state index in [0.29, 0.717) is 31.7 Å². The summed E-state index contributed by atoms with van der Waals surface area (Å²) < 4.78 is 15.4. The summed E-state index contributed by atoms with van der Waals surface area (Å²) in [5.74, 6) is -0.404. The van der Waals surface area contributed by atoms with E-state index < -0.39 is 14.5 Å². The third kappa shape index (κ3) is 7.02. The Morgan fingerprint density at radius 3 is 2.95 bits per heavy atom. The smallest absolute Gasteiger partial charge is 0.329 e. The second kappa shape index (κ2) is 9.87. The standard InChI is InChI=1S/C13H23N2O5P/c1-3-19-21(17)20-10-12(18-2)6-8-15-7-4-5-11(9-15)13(14)16/h4-5,7,12,17H,3,6,8-10H2,1-2H3,(H2,14,16). The molecule has 1 aliphatic heterocycles. The molecule has 0 bridgehead atoms. The van der Waals surface area contributed by atoms with Crippen molar-refractivity contribution in [2.75, 3.05) is 33.4 Å². The number of carbonyl (C=O) groups is 1. The van der Waals surface area contributed by atoms with Gasteiger partial charge in [-0.15, -0.1) is 0 Å². The van der Waals surface area contributed by atoms with Crippen LogP contribution in [0, 0.1) is 0 Å². The van der Waals surface area contributed by atoms with Gasteiger partial charge in [-0.05, 0) is 25.6 Å². The Hall–Kier alpha value is -0.980. The minimum Gasteiger partial charge on any atom is -0.379 e. The summed E-state index contributed by atoms with van der Waals surface area (Å²) in [7, 11) is -0.245. The highest BCUT2D eigenvalue weighted by atomic mass is 31.2. The second-order valence-corrected chi connectivity index (χ2v) is 5.46. The summed E-state index contributed by atoms with van der Waals surface area (Å²) in [5.41, 5.74) is 5.85. The molecule has 1 rings (SSSR count). The van der Waals surface area contributed by atoms with Gasteiger partial charge in [0.15, 0.2) is 0 Å². The maximum Gasteiger partial charge on any atom is 0.329 e. The molecular formula is C13H23N2O5P. The molecule has 3 N–H and O–H groups in total. The van der Waals surface area contributed by atoms with E-state index >= 15 is 0 Å². The quantitative estimate of drug-likeness (QED) is 0.581. The van der Waals surface area contributed by atoms with E-state index in [1.54, 1.807) is 26.2 Å². The molecule has 0 saturated carbocycles. The first-order valence-corrected chi connectivity index (χ1v) is 7.88. The zero-order valence-corrected chi connectivity index (χ0v) is 13.3. The molecule has 0 aliphatic carbocycles. The molecule has 7 nitrogen and oxygen atoms in total. The van der Waals surface area contributed by atoms with Crippen LogP contribution in [0.25, 0.3) is 0 Å². The van der Waals surface area contributed by atoms with Crippen molar-refractivity contribution in [3.63, 3.8) is 0 Å². The van der Waals surface area contributed by atoms with E-state index in [4.69, 9.17) is 19.5 Å². The van der Waals surface area contributed by atoms with E-state index in [9.17, 15) is 9.69 Å². The highest BCUT2D eigenvalue weighted by Gasteiger charge is 2.16. The summed E-state index contributed by atoms with van der Waals surface area (Å²) in [4.78, 5) is 22.5.